The van der Waals surface area contributed by atoms with Gasteiger partial charge in [0, 0.05) is 24.2 Å². The molecule has 0 aliphatic rings. The van der Waals surface area contributed by atoms with E-state index in [-0.39, 0.29) is 0 Å². The van der Waals surface area contributed by atoms with Crippen LogP contribution in [0, 0.1) is 0 Å². The normalized spacial score (nSPS) is 12.5. The van der Waals surface area contributed by atoms with Gasteiger partial charge in [0.25, 0.3) is 11.8 Å². The molecule has 5 N–H and O–H groups in total. The van der Waals surface area contributed by atoms with Gasteiger partial charge in [-0.1, -0.05) is 54.6 Å². The summed E-state index contributed by atoms with van der Waals surface area (Å²) in [5, 5.41) is 24.3. The summed E-state index contributed by atoms with van der Waals surface area (Å²) < 4.78 is 5.38. The van der Waals surface area contributed by atoms with Gasteiger partial charge in [0.15, 0.2) is 0 Å². The van der Waals surface area contributed by atoms with E-state index in [1.807, 2.05) is 60.7 Å². The second-order valence-electron chi connectivity index (χ2n) is 7.86. The number of carbonyl (C=O) groups excluding carboxylic acids is 2. The Kier molecular flexibility index (Phi) is 8.75. The zero-order valence-corrected chi connectivity index (χ0v) is 19.1. The number of benzene rings is 3. The summed E-state index contributed by atoms with van der Waals surface area (Å²) in [4.78, 5) is 24.0. The Bertz CT molecular complexity index is 1100. The first-order valence-electron chi connectivity index (χ1n) is 10.9. The summed E-state index contributed by atoms with van der Waals surface area (Å²) in [6.07, 6.45) is -1.17. The molecule has 0 heterocycles. The minimum absolute atomic E-state index is 0.331. The van der Waals surface area contributed by atoms with Gasteiger partial charge in [-0.15, -0.1) is 0 Å². The lowest BCUT2D eigenvalue weighted by Gasteiger charge is -2.19. The van der Waals surface area contributed by atoms with Gasteiger partial charge in [-0.05, 0) is 41.8 Å². The number of ether oxygens (including phenoxy) is 1. The van der Waals surface area contributed by atoms with E-state index < -0.39 is 24.0 Å². The Morgan fingerprint density at radius 2 is 1.53 bits per heavy atom. The summed E-state index contributed by atoms with van der Waals surface area (Å²) in [5.74, 6) is -0.560. The summed E-state index contributed by atoms with van der Waals surface area (Å²) in [6, 6.07) is 21.7. The van der Waals surface area contributed by atoms with Crippen LogP contribution in [0.3, 0.4) is 0 Å². The lowest BCUT2D eigenvalue weighted by Crippen LogP contribution is -2.51. The Morgan fingerprint density at radius 3 is 2.12 bits per heavy atom. The van der Waals surface area contributed by atoms with Crippen LogP contribution in [0.4, 0.5) is 0 Å². The second-order valence-corrected chi connectivity index (χ2v) is 7.86. The second kappa shape index (κ2) is 11.9. The topological polar surface area (TPSA) is 120 Å². The van der Waals surface area contributed by atoms with Crippen LogP contribution in [0.5, 0.6) is 5.75 Å². The molecule has 2 atom stereocenters. The molecule has 2 amide bonds. The fourth-order valence-corrected chi connectivity index (χ4v) is 3.52. The Morgan fingerprint density at radius 1 is 0.912 bits per heavy atom. The first-order chi connectivity index (χ1) is 16.4. The molecule has 8 heteroatoms. The number of rotatable bonds is 10. The van der Waals surface area contributed by atoms with Gasteiger partial charge in [0.05, 0.1) is 13.2 Å². The molecule has 3 rings (SSSR count). The average Bonchev–Trinajstić information content (AvgIpc) is 2.87. The van der Waals surface area contributed by atoms with Crippen molar-refractivity contribution in [2.75, 3.05) is 7.11 Å². The smallest absolute Gasteiger partial charge is 0.268 e. The number of aliphatic hydroxyl groups excluding tert-OH is 1. The van der Waals surface area contributed by atoms with Crippen LogP contribution in [-0.4, -0.2) is 41.4 Å². The van der Waals surface area contributed by atoms with Crippen LogP contribution in [0.15, 0.2) is 72.8 Å². The predicted octanol–water partition coefficient (Wildman–Crippen LogP) is 2.64. The summed E-state index contributed by atoms with van der Waals surface area (Å²) in [6.45, 7) is 2.76. The van der Waals surface area contributed by atoms with E-state index in [9.17, 15) is 14.7 Å². The molecular weight excluding hydrogens is 434 g/mol. The van der Waals surface area contributed by atoms with Crippen molar-refractivity contribution < 1.29 is 24.6 Å². The minimum atomic E-state index is -1.26. The highest BCUT2D eigenvalue weighted by Gasteiger charge is 2.25. The molecule has 8 nitrogen and oxygen atoms in total. The SMILES string of the molecule is COc1ccccc1CNCc1ccc(-c2ccc(C(=O)N[C@H](C(=O)NO)[C@@H](C)O)cc2)cc1. The highest BCUT2D eigenvalue weighted by atomic mass is 16.5. The zero-order chi connectivity index (χ0) is 24.5. The molecular formula is C26H29N3O5. The van der Waals surface area contributed by atoms with E-state index in [1.165, 1.54) is 12.4 Å². The summed E-state index contributed by atoms with van der Waals surface area (Å²) in [7, 11) is 1.67. The number of aliphatic hydroxyl groups is 1. The lowest BCUT2D eigenvalue weighted by atomic mass is 10.0. The molecule has 0 saturated carbocycles. The fourth-order valence-electron chi connectivity index (χ4n) is 3.52. The third kappa shape index (κ3) is 6.41. The first-order valence-corrected chi connectivity index (χ1v) is 10.9. The van der Waals surface area contributed by atoms with E-state index in [2.05, 4.69) is 10.6 Å². The van der Waals surface area contributed by atoms with Gasteiger partial charge >= 0.3 is 0 Å². The average molecular weight is 464 g/mol. The molecule has 0 radical (unpaired) electrons. The number of hydroxylamine groups is 1. The van der Waals surface area contributed by atoms with Crippen LogP contribution in [0.1, 0.15) is 28.4 Å². The molecule has 34 heavy (non-hydrogen) atoms. The van der Waals surface area contributed by atoms with Gasteiger partial charge in [-0.25, -0.2) is 5.48 Å². The number of amides is 2. The van der Waals surface area contributed by atoms with Crippen LogP contribution in [0.2, 0.25) is 0 Å². The fraction of sp³-hybridized carbons (Fsp3) is 0.231. The van der Waals surface area contributed by atoms with Crippen LogP contribution in [-0.2, 0) is 17.9 Å². The van der Waals surface area contributed by atoms with Crippen molar-refractivity contribution in [1.29, 1.82) is 0 Å². The first kappa shape index (κ1) is 24.9. The van der Waals surface area contributed by atoms with Crippen molar-refractivity contribution >= 4 is 11.8 Å². The van der Waals surface area contributed by atoms with Crippen molar-refractivity contribution in [3.63, 3.8) is 0 Å². The van der Waals surface area contributed by atoms with Gasteiger partial charge in [0.1, 0.15) is 11.8 Å². The molecule has 0 spiro atoms. The monoisotopic (exact) mass is 463 g/mol. The zero-order valence-electron chi connectivity index (χ0n) is 19.1. The van der Waals surface area contributed by atoms with Gasteiger partial charge in [-0.2, -0.15) is 0 Å². The number of carbonyl (C=O) groups is 2. The number of hydrogen-bond acceptors (Lipinski definition) is 6. The van der Waals surface area contributed by atoms with Crippen LogP contribution >= 0.6 is 0 Å². The van der Waals surface area contributed by atoms with Gasteiger partial charge < -0.3 is 20.5 Å². The van der Waals surface area contributed by atoms with Crippen LogP contribution < -0.4 is 20.9 Å². The molecule has 0 aliphatic heterocycles. The summed E-state index contributed by atoms with van der Waals surface area (Å²) >= 11 is 0. The van der Waals surface area contributed by atoms with E-state index >= 15 is 0 Å². The Balaban J connectivity index is 1.58. The van der Waals surface area contributed by atoms with E-state index in [0.717, 1.165) is 28.0 Å². The maximum Gasteiger partial charge on any atom is 0.268 e. The molecule has 3 aromatic carbocycles. The molecule has 0 unspecified atom stereocenters. The van der Waals surface area contributed by atoms with E-state index in [1.54, 1.807) is 19.2 Å². The molecule has 0 aliphatic carbocycles. The molecule has 3 aromatic rings. The van der Waals surface area contributed by atoms with Gasteiger partial charge in [-0.3, -0.25) is 14.8 Å². The predicted molar refractivity (Wildman–Crippen MR) is 128 cm³/mol. The maximum atomic E-state index is 12.4. The maximum absolute atomic E-state index is 12.4. The molecule has 0 saturated heterocycles. The van der Waals surface area contributed by atoms with Crippen molar-refractivity contribution in [1.82, 2.24) is 16.1 Å². The minimum Gasteiger partial charge on any atom is -0.496 e. The van der Waals surface area contributed by atoms with E-state index in [4.69, 9.17) is 9.94 Å². The molecule has 0 fully saturated rings. The Labute approximate surface area is 198 Å². The molecule has 0 aromatic heterocycles. The van der Waals surface area contributed by atoms with E-state index in [0.29, 0.717) is 18.7 Å². The largest absolute Gasteiger partial charge is 0.496 e. The summed E-state index contributed by atoms with van der Waals surface area (Å²) in [5.41, 5.74) is 5.95. The Hall–Kier alpha value is -3.72. The highest BCUT2D eigenvalue weighted by Crippen LogP contribution is 2.21. The third-order valence-electron chi connectivity index (χ3n) is 5.43. The lowest BCUT2D eigenvalue weighted by molar-refractivity contribution is -0.133. The molecule has 178 valence electrons. The van der Waals surface area contributed by atoms with Crippen molar-refractivity contribution in [2.24, 2.45) is 0 Å². The standard InChI is InChI=1S/C26H29N3O5/c1-17(30)24(26(32)29-33)28-25(31)21-13-11-20(12-14-21)19-9-7-18(8-10-19)15-27-16-22-5-3-4-6-23(22)34-2/h3-14,17,24,27,30,33H,15-16H2,1-2H3,(H,28,31)(H,29,32)/t17-,24+/m1/s1. The van der Waals surface area contributed by atoms with Crippen molar-refractivity contribution in [3.8, 4) is 16.9 Å². The number of hydrogen-bond donors (Lipinski definition) is 5. The third-order valence-corrected chi connectivity index (χ3v) is 5.43. The number of nitrogens with one attached hydrogen (secondary N) is 3. The van der Waals surface area contributed by atoms with Gasteiger partial charge in [0.2, 0.25) is 0 Å². The highest BCUT2D eigenvalue weighted by molar-refractivity contribution is 5.97. The number of para-hydroxylation sites is 1. The van der Waals surface area contributed by atoms with Crippen molar-refractivity contribution in [3.05, 3.63) is 89.5 Å². The quantitative estimate of drug-likeness (QED) is 0.233. The van der Waals surface area contributed by atoms with Crippen LogP contribution in [0.25, 0.3) is 11.1 Å². The number of methoxy groups -OCH3 is 1. The molecule has 0 bridgehead atoms. The van der Waals surface area contributed by atoms with Crippen molar-refractivity contribution in [2.45, 2.75) is 32.2 Å².